The number of nitrogens with zero attached hydrogens (tertiary/aromatic N) is 3. The number of pyridine rings is 1. The molecule has 0 unspecified atom stereocenters. The Bertz CT molecular complexity index is 671. The topological polar surface area (TPSA) is 85.8 Å². The average molecular weight is 315 g/mol. The average Bonchev–Trinajstić information content (AvgIpc) is 2.91. The fourth-order valence-electron chi connectivity index (χ4n) is 2.36. The summed E-state index contributed by atoms with van der Waals surface area (Å²) >= 11 is 0. The standard InChI is InChI=1S/C17H25N5O/c1-5-17(18,6-2)11-20-16(23)14-7-8-15(19-10-14)22-13(4)9-12(3)21-22/h7-10H,5-6,11,18H2,1-4H3,(H,20,23). The Hall–Kier alpha value is -2.21. The summed E-state index contributed by atoms with van der Waals surface area (Å²) in [5.74, 6) is 0.539. The predicted octanol–water partition coefficient (Wildman–Crippen LogP) is 2.13. The summed E-state index contributed by atoms with van der Waals surface area (Å²) in [6.45, 7) is 8.42. The van der Waals surface area contributed by atoms with E-state index in [1.807, 2.05) is 33.8 Å². The summed E-state index contributed by atoms with van der Waals surface area (Å²) in [5.41, 5.74) is 8.30. The van der Waals surface area contributed by atoms with Crippen LogP contribution in [0.3, 0.4) is 0 Å². The zero-order valence-corrected chi connectivity index (χ0v) is 14.3. The molecule has 0 spiro atoms. The minimum Gasteiger partial charge on any atom is -0.350 e. The Morgan fingerprint density at radius 2 is 2.00 bits per heavy atom. The van der Waals surface area contributed by atoms with Crippen molar-refractivity contribution >= 4 is 5.91 Å². The highest BCUT2D eigenvalue weighted by atomic mass is 16.1. The molecule has 6 nitrogen and oxygen atoms in total. The summed E-state index contributed by atoms with van der Waals surface area (Å²) in [6, 6.07) is 5.53. The van der Waals surface area contributed by atoms with Gasteiger partial charge in [0.1, 0.15) is 0 Å². The second kappa shape index (κ2) is 6.91. The van der Waals surface area contributed by atoms with Crippen LogP contribution in [0, 0.1) is 13.8 Å². The van der Waals surface area contributed by atoms with Crippen molar-refractivity contribution in [2.45, 2.75) is 46.1 Å². The molecule has 2 rings (SSSR count). The molecular weight excluding hydrogens is 290 g/mol. The molecule has 0 aliphatic heterocycles. The first-order chi connectivity index (χ1) is 10.9. The van der Waals surface area contributed by atoms with E-state index in [1.165, 1.54) is 0 Å². The molecule has 3 N–H and O–H groups in total. The van der Waals surface area contributed by atoms with Crippen LogP contribution in [0.5, 0.6) is 0 Å². The van der Waals surface area contributed by atoms with Gasteiger partial charge in [0.25, 0.3) is 5.91 Å². The van der Waals surface area contributed by atoms with Gasteiger partial charge in [0.05, 0.1) is 11.3 Å². The first-order valence-electron chi connectivity index (χ1n) is 7.95. The van der Waals surface area contributed by atoms with E-state index in [1.54, 1.807) is 23.0 Å². The molecule has 0 aromatic carbocycles. The highest BCUT2D eigenvalue weighted by Gasteiger charge is 2.21. The van der Waals surface area contributed by atoms with Crippen molar-refractivity contribution in [3.05, 3.63) is 41.3 Å². The fourth-order valence-corrected chi connectivity index (χ4v) is 2.36. The second-order valence-electron chi connectivity index (χ2n) is 6.00. The number of carbonyl (C=O) groups excluding carboxylic acids is 1. The Kier molecular flexibility index (Phi) is 5.15. The molecule has 0 bridgehead atoms. The van der Waals surface area contributed by atoms with Crippen molar-refractivity contribution in [2.24, 2.45) is 5.73 Å². The van der Waals surface area contributed by atoms with E-state index in [-0.39, 0.29) is 11.4 Å². The van der Waals surface area contributed by atoms with E-state index in [0.29, 0.717) is 17.9 Å². The smallest absolute Gasteiger partial charge is 0.252 e. The van der Waals surface area contributed by atoms with Gasteiger partial charge in [-0.05, 0) is 44.9 Å². The Morgan fingerprint density at radius 1 is 1.30 bits per heavy atom. The van der Waals surface area contributed by atoms with Crippen LogP contribution in [0.1, 0.15) is 48.4 Å². The maximum Gasteiger partial charge on any atom is 0.252 e. The molecule has 0 aliphatic carbocycles. The van der Waals surface area contributed by atoms with Gasteiger partial charge in [-0.25, -0.2) is 9.67 Å². The van der Waals surface area contributed by atoms with Crippen molar-refractivity contribution in [1.29, 1.82) is 0 Å². The molecule has 2 heterocycles. The van der Waals surface area contributed by atoms with Gasteiger partial charge in [-0.2, -0.15) is 5.10 Å². The largest absolute Gasteiger partial charge is 0.350 e. The number of nitrogens with one attached hydrogen (secondary N) is 1. The van der Waals surface area contributed by atoms with Gasteiger partial charge in [0.2, 0.25) is 0 Å². The van der Waals surface area contributed by atoms with Crippen LogP contribution in [0.2, 0.25) is 0 Å². The van der Waals surface area contributed by atoms with E-state index in [0.717, 1.165) is 24.2 Å². The van der Waals surface area contributed by atoms with Crippen LogP contribution >= 0.6 is 0 Å². The van der Waals surface area contributed by atoms with E-state index in [9.17, 15) is 4.79 Å². The lowest BCUT2D eigenvalue weighted by Crippen LogP contribution is -2.49. The third-order valence-corrected chi connectivity index (χ3v) is 4.25. The molecule has 0 saturated carbocycles. The van der Waals surface area contributed by atoms with Crippen LogP contribution in [-0.4, -0.2) is 32.8 Å². The lowest BCUT2D eigenvalue weighted by atomic mass is 9.94. The molecule has 0 fully saturated rings. The Balaban J connectivity index is 2.07. The third-order valence-electron chi connectivity index (χ3n) is 4.25. The van der Waals surface area contributed by atoms with Crippen molar-refractivity contribution in [3.8, 4) is 5.82 Å². The maximum absolute atomic E-state index is 12.2. The highest BCUT2D eigenvalue weighted by molar-refractivity contribution is 5.94. The van der Waals surface area contributed by atoms with Crippen molar-refractivity contribution in [3.63, 3.8) is 0 Å². The molecule has 0 radical (unpaired) electrons. The SMILES string of the molecule is CCC(N)(CC)CNC(=O)c1ccc(-n2nc(C)cc2C)nc1. The number of aryl methyl sites for hydroxylation is 2. The minimum absolute atomic E-state index is 0.158. The zero-order valence-electron chi connectivity index (χ0n) is 14.3. The number of rotatable bonds is 6. The number of aromatic nitrogens is 3. The Labute approximate surface area is 137 Å². The van der Waals surface area contributed by atoms with E-state index in [4.69, 9.17) is 5.73 Å². The monoisotopic (exact) mass is 315 g/mol. The van der Waals surface area contributed by atoms with Gasteiger partial charge in [0, 0.05) is 24.0 Å². The van der Waals surface area contributed by atoms with Gasteiger partial charge in [-0.1, -0.05) is 13.8 Å². The first-order valence-corrected chi connectivity index (χ1v) is 7.95. The summed E-state index contributed by atoms with van der Waals surface area (Å²) in [4.78, 5) is 16.6. The van der Waals surface area contributed by atoms with Crippen molar-refractivity contribution in [1.82, 2.24) is 20.1 Å². The first kappa shape index (κ1) is 17.1. The van der Waals surface area contributed by atoms with Gasteiger partial charge in [-0.15, -0.1) is 0 Å². The molecular formula is C17H25N5O. The number of amides is 1. The van der Waals surface area contributed by atoms with E-state index < -0.39 is 0 Å². The summed E-state index contributed by atoms with van der Waals surface area (Å²) in [7, 11) is 0. The van der Waals surface area contributed by atoms with Gasteiger partial charge in [0.15, 0.2) is 5.82 Å². The van der Waals surface area contributed by atoms with Crippen LogP contribution in [0.4, 0.5) is 0 Å². The maximum atomic E-state index is 12.2. The molecule has 6 heteroatoms. The summed E-state index contributed by atoms with van der Waals surface area (Å²) in [5, 5.41) is 7.27. The molecule has 0 saturated heterocycles. The molecule has 1 amide bonds. The van der Waals surface area contributed by atoms with Gasteiger partial charge in [-0.3, -0.25) is 4.79 Å². The van der Waals surface area contributed by atoms with Crippen LogP contribution < -0.4 is 11.1 Å². The molecule has 0 atom stereocenters. The number of hydrogen-bond donors (Lipinski definition) is 2. The lowest BCUT2D eigenvalue weighted by Gasteiger charge is -2.26. The molecule has 23 heavy (non-hydrogen) atoms. The molecule has 0 aliphatic rings. The Morgan fingerprint density at radius 3 is 2.48 bits per heavy atom. The van der Waals surface area contributed by atoms with E-state index in [2.05, 4.69) is 15.4 Å². The van der Waals surface area contributed by atoms with Gasteiger partial charge >= 0.3 is 0 Å². The summed E-state index contributed by atoms with van der Waals surface area (Å²) < 4.78 is 1.76. The number of nitrogens with two attached hydrogens (primary N) is 1. The normalized spacial score (nSPS) is 11.5. The highest BCUT2D eigenvalue weighted by Crippen LogP contribution is 2.12. The zero-order chi connectivity index (χ0) is 17.0. The predicted molar refractivity (Wildman–Crippen MR) is 90.7 cm³/mol. The lowest BCUT2D eigenvalue weighted by molar-refractivity contribution is 0.0942. The van der Waals surface area contributed by atoms with E-state index >= 15 is 0 Å². The van der Waals surface area contributed by atoms with Crippen LogP contribution in [0.25, 0.3) is 5.82 Å². The van der Waals surface area contributed by atoms with Crippen molar-refractivity contribution < 1.29 is 4.79 Å². The van der Waals surface area contributed by atoms with Crippen molar-refractivity contribution in [2.75, 3.05) is 6.54 Å². The number of carbonyl (C=O) groups is 1. The summed E-state index contributed by atoms with van der Waals surface area (Å²) in [6.07, 6.45) is 3.20. The fraction of sp³-hybridized carbons (Fsp3) is 0.471. The second-order valence-corrected chi connectivity index (χ2v) is 6.00. The molecule has 2 aromatic heterocycles. The molecule has 124 valence electrons. The van der Waals surface area contributed by atoms with Crippen LogP contribution in [0.15, 0.2) is 24.4 Å². The van der Waals surface area contributed by atoms with Crippen LogP contribution in [-0.2, 0) is 0 Å². The minimum atomic E-state index is -0.354. The number of hydrogen-bond acceptors (Lipinski definition) is 4. The third kappa shape index (κ3) is 3.96. The van der Waals surface area contributed by atoms with Gasteiger partial charge < -0.3 is 11.1 Å². The quantitative estimate of drug-likeness (QED) is 0.855. The molecule has 2 aromatic rings.